The van der Waals surface area contributed by atoms with E-state index in [9.17, 15) is 37.4 Å². The Bertz CT molecular complexity index is 1900. The third-order valence-electron chi connectivity index (χ3n) is 9.55. The number of hydrogen-bond acceptors (Lipinski definition) is 10. The lowest BCUT2D eigenvalue weighted by Crippen LogP contribution is -2.56. The first-order valence-corrected chi connectivity index (χ1v) is 16.1. The normalized spacial score (nSPS) is 23.8. The Balaban J connectivity index is 0.000000381. The van der Waals surface area contributed by atoms with Crippen LogP contribution in [-0.2, 0) is 6.18 Å². The quantitative estimate of drug-likeness (QED) is 0.227. The fourth-order valence-electron chi connectivity index (χ4n) is 7.08. The molecule has 4 heterocycles. The molecule has 2 aromatic heterocycles. The predicted molar refractivity (Wildman–Crippen MR) is 168 cm³/mol. The summed E-state index contributed by atoms with van der Waals surface area (Å²) in [6.45, 7) is 1.48. The number of aromatic nitrogens is 2. The van der Waals surface area contributed by atoms with Gasteiger partial charge >= 0.3 is 12.2 Å². The van der Waals surface area contributed by atoms with Gasteiger partial charge < -0.3 is 25.6 Å². The van der Waals surface area contributed by atoms with E-state index >= 15 is 4.39 Å². The van der Waals surface area contributed by atoms with Crippen molar-refractivity contribution in [2.24, 2.45) is 5.92 Å². The molecule has 1 saturated carbocycles. The highest BCUT2D eigenvalue weighted by Gasteiger charge is 2.44. The molecule has 5 atom stereocenters. The van der Waals surface area contributed by atoms with E-state index in [0.29, 0.717) is 30.0 Å². The number of rotatable bonds is 5. The largest absolute Gasteiger partial charge is 0.467 e. The Hall–Kier alpha value is -3.91. The molecule has 2 aliphatic heterocycles. The number of thiophene rings is 1. The van der Waals surface area contributed by atoms with Crippen molar-refractivity contribution in [2.75, 3.05) is 44.5 Å². The number of methoxy groups -OCH3 is 1. The summed E-state index contributed by atoms with van der Waals surface area (Å²) in [6, 6.07) is 4.09. The van der Waals surface area contributed by atoms with Crippen molar-refractivity contribution >= 4 is 43.1 Å². The summed E-state index contributed by atoms with van der Waals surface area (Å²) in [5, 5.41) is 28.6. The number of nitrogens with two attached hydrogens (primary N) is 1. The summed E-state index contributed by atoms with van der Waals surface area (Å²) in [4.78, 5) is 11.9. The summed E-state index contributed by atoms with van der Waals surface area (Å²) >= 11 is 0.672. The van der Waals surface area contributed by atoms with Crippen LogP contribution >= 0.6 is 11.3 Å². The van der Waals surface area contributed by atoms with Gasteiger partial charge in [0.2, 0.25) is 0 Å². The molecule has 3 aliphatic rings. The second-order valence-electron chi connectivity index (χ2n) is 12.2. The fourth-order valence-corrected chi connectivity index (χ4v) is 8.03. The van der Waals surface area contributed by atoms with Crippen LogP contribution < -0.4 is 15.4 Å². The molecule has 4 N–H and O–H groups in total. The fraction of sp³-hybridized carbons (Fsp3) is 0.469. The number of ether oxygens (including phenoxy) is 1. The maximum absolute atomic E-state index is 16.3. The van der Waals surface area contributed by atoms with Gasteiger partial charge in [-0.05, 0) is 49.9 Å². The highest BCUT2D eigenvalue weighted by atomic mass is 32.1. The first kappa shape index (κ1) is 34.0. The highest BCUT2D eigenvalue weighted by Crippen LogP contribution is 2.48. The number of halogens is 6. The lowest BCUT2D eigenvalue weighted by atomic mass is 9.76. The minimum absolute atomic E-state index is 0.107. The van der Waals surface area contributed by atoms with Gasteiger partial charge in [-0.1, -0.05) is 6.07 Å². The molecule has 256 valence electrons. The summed E-state index contributed by atoms with van der Waals surface area (Å²) in [5.41, 5.74) is 2.35. The number of nitrogens with zero attached hydrogens (tertiary/aromatic N) is 5. The standard InChI is InChI=1S/C25H20F5N5O3S.C7H12FN/c1-35(15-6-16(37)12(15)8-36)23-10-5-13(25(28,29)30)18(19(27)20(10)33-24(34-23)38-2)9-3-4-14(26)21-17(9)11(7-31)22(32)39-21;8-6-4-7-2-1-3-9(7)5-6/h3-5,12,15-16,36-37H,6,8,32H2,1-2H3;6-7H,1-5H2. The molecule has 3 fully saturated rings. The van der Waals surface area contributed by atoms with Crippen molar-refractivity contribution in [1.82, 2.24) is 14.9 Å². The van der Waals surface area contributed by atoms with Crippen LogP contribution in [0, 0.1) is 28.9 Å². The molecule has 1 aliphatic carbocycles. The zero-order valence-electron chi connectivity index (χ0n) is 25.9. The Morgan fingerprint density at radius 1 is 1.23 bits per heavy atom. The number of benzene rings is 2. The van der Waals surface area contributed by atoms with Gasteiger partial charge in [0.05, 0.1) is 35.6 Å². The summed E-state index contributed by atoms with van der Waals surface area (Å²) in [6.07, 6.45) is -2.89. The monoisotopic (exact) mass is 694 g/mol. The second kappa shape index (κ2) is 12.8. The molecule has 0 amide bonds. The molecule has 7 rings (SSSR count). The number of aliphatic hydroxyl groups excluding tert-OH is 2. The minimum atomic E-state index is -5.09. The molecule has 4 aromatic rings. The van der Waals surface area contributed by atoms with Crippen molar-refractivity contribution in [3.8, 4) is 23.2 Å². The maximum Gasteiger partial charge on any atom is 0.417 e. The van der Waals surface area contributed by atoms with E-state index in [-0.39, 0.29) is 56.5 Å². The van der Waals surface area contributed by atoms with Crippen LogP contribution in [0.4, 0.5) is 37.2 Å². The molecule has 48 heavy (non-hydrogen) atoms. The molecule has 0 spiro atoms. The second-order valence-corrected chi connectivity index (χ2v) is 13.3. The number of hydrogen-bond donors (Lipinski definition) is 3. The average molecular weight is 695 g/mol. The topological polar surface area (TPSA) is 132 Å². The number of anilines is 2. The molecule has 9 nitrogen and oxygen atoms in total. The van der Waals surface area contributed by atoms with Crippen molar-refractivity contribution in [3.63, 3.8) is 0 Å². The van der Waals surface area contributed by atoms with Crippen LogP contribution in [0.1, 0.15) is 36.8 Å². The molecule has 0 radical (unpaired) electrons. The molecule has 2 saturated heterocycles. The van der Waals surface area contributed by atoms with Gasteiger partial charge in [-0.3, -0.25) is 4.90 Å². The Morgan fingerprint density at radius 2 is 1.98 bits per heavy atom. The van der Waals surface area contributed by atoms with E-state index < -0.39 is 58.7 Å². The highest BCUT2D eigenvalue weighted by molar-refractivity contribution is 7.23. The van der Waals surface area contributed by atoms with E-state index in [1.807, 2.05) is 0 Å². The summed E-state index contributed by atoms with van der Waals surface area (Å²) in [5.74, 6) is -2.91. The van der Waals surface area contributed by atoms with E-state index in [2.05, 4.69) is 14.9 Å². The van der Waals surface area contributed by atoms with Crippen LogP contribution in [0.15, 0.2) is 18.2 Å². The Kier molecular flexibility index (Phi) is 9.09. The zero-order chi connectivity index (χ0) is 34.7. The van der Waals surface area contributed by atoms with E-state index in [4.69, 9.17) is 10.5 Å². The molecular formula is C32H32F6N6O3S. The van der Waals surface area contributed by atoms with Gasteiger partial charge in [0.1, 0.15) is 34.4 Å². The summed E-state index contributed by atoms with van der Waals surface area (Å²) in [7, 11) is 2.70. The van der Waals surface area contributed by atoms with Crippen LogP contribution in [0.2, 0.25) is 0 Å². The van der Waals surface area contributed by atoms with Crippen molar-refractivity contribution < 1.29 is 41.3 Å². The van der Waals surface area contributed by atoms with Crippen molar-refractivity contribution in [2.45, 2.75) is 56.2 Å². The van der Waals surface area contributed by atoms with Gasteiger partial charge in [0, 0.05) is 47.9 Å². The first-order valence-electron chi connectivity index (χ1n) is 15.2. The van der Waals surface area contributed by atoms with Crippen LogP contribution in [0.3, 0.4) is 0 Å². The number of aliphatic hydroxyl groups is 2. The predicted octanol–water partition coefficient (Wildman–Crippen LogP) is 5.64. The Morgan fingerprint density at radius 3 is 2.60 bits per heavy atom. The summed E-state index contributed by atoms with van der Waals surface area (Å²) < 4.78 is 92.0. The zero-order valence-corrected chi connectivity index (χ0v) is 26.7. The van der Waals surface area contributed by atoms with Gasteiger partial charge in [0.15, 0.2) is 5.82 Å². The van der Waals surface area contributed by atoms with Gasteiger partial charge in [-0.2, -0.15) is 28.4 Å². The number of alkyl halides is 4. The average Bonchev–Trinajstić information content (AvgIpc) is 3.72. The Labute approximate surface area is 275 Å². The SMILES string of the molecule is COc1nc(N(C)C2CC(O)C2CO)c2cc(C(F)(F)F)c(-c3ccc(F)c4sc(N)c(C#N)c34)c(F)c2n1.FC1CC2CCCN2C1. The van der Waals surface area contributed by atoms with Gasteiger partial charge in [0.25, 0.3) is 0 Å². The van der Waals surface area contributed by atoms with Gasteiger partial charge in [-0.15, -0.1) is 11.3 Å². The lowest BCUT2D eigenvalue weighted by molar-refractivity contribution is -0.137. The molecule has 2 aromatic carbocycles. The van der Waals surface area contributed by atoms with Crippen LogP contribution in [-0.4, -0.2) is 83.3 Å². The smallest absolute Gasteiger partial charge is 0.417 e. The molecule has 0 bridgehead atoms. The van der Waals surface area contributed by atoms with Crippen molar-refractivity contribution in [3.05, 3.63) is 41.0 Å². The molecule has 16 heteroatoms. The molecular weight excluding hydrogens is 662 g/mol. The van der Waals surface area contributed by atoms with Gasteiger partial charge in [-0.25, -0.2) is 13.2 Å². The van der Waals surface area contributed by atoms with Crippen molar-refractivity contribution in [1.29, 1.82) is 5.26 Å². The number of nitrogen functional groups attached to an aromatic ring is 1. The van der Waals surface area contributed by atoms with Crippen LogP contribution in [0.5, 0.6) is 6.01 Å². The van der Waals surface area contributed by atoms with E-state index in [1.54, 1.807) is 6.07 Å². The maximum atomic E-state index is 16.3. The third-order valence-corrected chi connectivity index (χ3v) is 10.6. The minimum Gasteiger partial charge on any atom is -0.467 e. The van der Waals surface area contributed by atoms with E-state index in [0.717, 1.165) is 25.1 Å². The first-order chi connectivity index (χ1) is 22.8. The van der Waals surface area contributed by atoms with Crippen LogP contribution in [0.25, 0.3) is 32.1 Å². The number of fused-ring (bicyclic) bond motifs is 3. The number of nitriles is 1. The third kappa shape index (κ3) is 5.76. The van der Waals surface area contributed by atoms with E-state index in [1.165, 1.54) is 31.9 Å². The molecule has 5 unspecified atom stereocenters. The lowest BCUT2D eigenvalue weighted by Gasteiger charge is -2.46.